The highest BCUT2D eigenvalue weighted by atomic mass is 33.1. The van der Waals surface area contributed by atoms with Crippen molar-refractivity contribution in [2.45, 2.75) is 104 Å². The number of hydrogen-bond donors (Lipinski definition) is 6. The van der Waals surface area contributed by atoms with E-state index >= 15 is 0 Å². The molecule has 0 radical (unpaired) electrons. The number of carbonyl (C=O) groups is 6. The van der Waals surface area contributed by atoms with Crippen LogP contribution in [0.15, 0.2) is 0 Å². The summed E-state index contributed by atoms with van der Waals surface area (Å²) in [6.45, 7) is 13.0. The summed E-state index contributed by atoms with van der Waals surface area (Å²) in [6, 6.07) is -3.86. The number of nitrogens with one attached hydrogen (secondary N) is 4. The van der Waals surface area contributed by atoms with Gasteiger partial charge in [-0.05, 0) is 68.2 Å². The third kappa shape index (κ3) is 17.7. The molecule has 0 aliphatic rings. The maximum Gasteiger partial charge on any atom is 0.408 e. The molecule has 6 amide bonds. The molecule has 0 rings (SSSR count). The molecule has 0 aliphatic carbocycles. The Balaban J connectivity index is 5.07. The molecule has 230 valence electrons. The van der Waals surface area contributed by atoms with Crippen LogP contribution in [-0.4, -0.2) is 82.7 Å². The monoisotopic (exact) mass is 608 g/mol. The van der Waals surface area contributed by atoms with Crippen molar-refractivity contribution in [1.29, 1.82) is 0 Å². The van der Waals surface area contributed by atoms with Crippen molar-refractivity contribution >= 4 is 57.4 Å². The standard InChI is InChI=1S/C24H44N6O8S2/c1-13(17(25)31)27-19(33)15(29-21(35)37-23(3,4)5)9-11-39-40-12-10-16(20(34)28-14(2)18(26)32)30-22(36)38-24(6,7)8/h13-16H,9-12H2,1-8H3,(H2,25,31)(H2,26,32)(H,27,33)(H,28,34)(H,29,35)(H,30,36)/t13-,14-,15-,16-/m0/s1. The molecule has 40 heavy (non-hydrogen) atoms. The number of ether oxygens (including phenoxy) is 2. The fourth-order valence-corrected chi connectivity index (χ4v) is 4.84. The van der Waals surface area contributed by atoms with Crippen molar-refractivity contribution < 1.29 is 38.2 Å². The van der Waals surface area contributed by atoms with Crippen LogP contribution in [0.25, 0.3) is 0 Å². The summed E-state index contributed by atoms with van der Waals surface area (Å²) in [5.41, 5.74) is 8.87. The zero-order valence-electron chi connectivity index (χ0n) is 24.4. The van der Waals surface area contributed by atoms with E-state index in [1.807, 2.05) is 0 Å². The second-order valence-electron chi connectivity index (χ2n) is 10.9. The van der Waals surface area contributed by atoms with Crippen LogP contribution in [0.3, 0.4) is 0 Å². The molecule has 16 heteroatoms. The Morgan fingerprint density at radius 1 is 0.625 bits per heavy atom. The van der Waals surface area contributed by atoms with Crippen LogP contribution in [0.4, 0.5) is 9.59 Å². The lowest BCUT2D eigenvalue weighted by atomic mass is 10.2. The van der Waals surface area contributed by atoms with Crippen molar-refractivity contribution in [3.63, 3.8) is 0 Å². The van der Waals surface area contributed by atoms with Crippen molar-refractivity contribution in [1.82, 2.24) is 21.3 Å². The lowest BCUT2D eigenvalue weighted by molar-refractivity contribution is -0.128. The Bertz CT molecular complexity index is 835. The number of alkyl carbamates (subject to hydrolysis) is 2. The molecule has 0 bridgehead atoms. The third-order valence-corrected chi connectivity index (χ3v) is 7.12. The van der Waals surface area contributed by atoms with Crippen LogP contribution in [0.2, 0.25) is 0 Å². The molecule has 8 N–H and O–H groups in total. The lowest BCUT2D eigenvalue weighted by Gasteiger charge is -2.24. The number of carbonyl (C=O) groups excluding carboxylic acids is 6. The van der Waals surface area contributed by atoms with Gasteiger partial charge in [0.25, 0.3) is 0 Å². The zero-order valence-corrected chi connectivity index (χ0v) is 26.0. The van der Waals surface area contributed by atoms with Crippen molar-refractivity contribution in [3.05, 3.63) is 0 Å². The topological polar surface area (TPSA) is 221 Å². The molecule has 0 saturated heterocycles. The van der Waals surface area contributed by atoms with E-state index in [0.717, 1.165) is 0 Å². The zero-order chi connectivity index (χ0) is 31.3. The molecule has 0 heterocycles. The van der Waals surface area contributed by atoms with E-state index in [-0.39, 0.29) is 12.8 Å². The van der Waals surface area contributed by atoms with Crippen molar-refractivity contribution in [3.8, 4) is 0 Å². The maximum absolute atomic E-state index is 12.6. The van der Waals surface area contributed by atoms with E-state index in [2.05, 4.69) is 21.3 Å². The van der Waals surface area contributed by atoms with Crippen LogP contribution in [-0.2, 0) is 28.7 Å². The van der Waals surface area contributed by atoms with Crippen LogP contribution in [0.5, 0.6) is 0 Å². The molecule has 0 aromatic heterocycles. The molecular formula is C24H44N6O8S2. The van der Waals surface area contributed by atoms with E-state index in [4.69, 9.17) is 20.9 Å². The quantitative estimate of drug-likeness (QED) is 0.114. The molecule has 0 aromatic rings. The molecule has 4 atom stereocenters. The van der Waals surface area contributed by atoms with Gasteiger partial charge in [0.1, 0.15) is 35.4 Å². The number of primary amides is 2. The van der Waals surface area contributed by atoms with E-state index < -0.39 is 71.2 Å². The summed E-state index contributed by atoms with van der Waals surface area (Å²) < 4.78 is 10.4. The van der Waals surface area contributed by atoms with Gasteiger partial charge in [0.2, 0.25) is 23.6 Å². The number of rotatable bonds is 15. The first-order chi connectivity index (χ1) is 18.2. The highest BCUT2D eigenvalue weighted by Gasteiger charge is 2.28. The number of amides is 6. The second-order valence-corrected chi connectivity index (χ2v) is 13.6. The van der Waals surface area contributed by atoms with Crippen LogP contribution in [0, 0.1) is 0 Å². The second kappa shape index (κ2) is 17.0. The molecule has 0 saturated carbocycles. The van der Waals surface area contributed by atoms with Gasteiger partial charge in [-0.2, -0.15) is 0 Å². The van der Waals surface area contributed by atoms with Gasteiger partial charge < -0.3 is 42.2 Å². The summed E-state index contributed by atoms with van der Waals surface area (Å²) in [7, 11) is 2.74. The number of hydrogen-bond acceptors (Lipinski definition) is 10. The van der Waals surface area contributed by atoms with Crippen LogP contribution in [0.1, 0.15) is 68.2 Å². The van der Waals surface area contributed by atoms with E-state index in [0.29, 0.717) is 11.5 Å². The predicted octanol–water partition coefficient (Wildman–Crippen LogP) is 0.915. The molecule has 0 aliphatic heterocycles. The van der Waals surface area contributed by atoms with Gasteiger partial charge in [-0.1, -0.05) is 21.6 Å². The van der Waals surface area contributed by atoms with Gasteiger partial charge in [0.05, 0.1) is 0 Å². The summed E-state index contributed by atoms with van der Waals surface area (Å²) in [5, 5.41) is 9.93. The van der Waals surface area contributed by atoms with Gasteiger partial charge >= 0.3 is 12.2 Å². The molecular weight excluding hydrogens is 564 g/mol. The Morgan fingerprint density at radius 2 is 0.925 bits per heavy atom. The average Bonchev–Trinajstić information content (AvgIpc) is 2.76. The number of nitrogens with two attached hydrogens (primary N) is 2. The van der Waals surface area contributed by atoms with Crippen LogP contribution < -0.4 is 32.7 Å². The Hall–Kier alpha value is -2.88. The summed E-state index contributed by atoms with van der Waals surface area (Å²) >= 11 is 0. The molecule has 14 nitrogen and oxygen atoms in total. The molecule has 0 spiro atoms. The SMILES string of the molecule is C[C@H](NC(=O)[C@H](CCSSCC[C@H](NC(=O)OC(C)(C)C)C(=O)N[C@@H](C)C(N)=O)NC(=O)OC(C)(C)C)C(N)=O. The van der Waals surface area contributed by atoms with Gasteiger partial charge in [0, 0.05) is 11.5 Å². The Labute approximate surface area is 243 Å². The summed E-state index contributed by atoms with van der Waals surface area (Å²) in [5.74, 6) is -1.83. The van der Waals surface area contributed by atoms with Crippen LogP contribution >= 0.6 is 21.6 Å². The minimum absolute atomic E-state index is 0.199. The first-order valence-electron chi connectivity index (χ1n) is 12.6. The van der Waals surface area contributed by atoms with E-state index in [1.54, 1.807) is 41.5 Å². The smallest absolute Gasteiger partial charge is 0.408 e. The molecule has 0 aromatic carbocycles. The first kappa shape index (κ1) is 37.1. The van der Waals surface area contributed by atoms with Gasteiger partial charge in [-0.25, -0.2) is 9.59 Å². The Kier molecular flexibility index (Phi) is 15.8. The lowest BCUT2D eigenvalue weighted by Crippen LogP contribution is -2.52. The van der Waals surface area contributed by atoms with E-state index in [1.165, 1.54) is 35.4 Å². The molecule has 0 unspecified atom stereocenters. The maximum atomic E-state index is 12.6. The fourth-order valence-electron chi connectivity index (χ4n) is 2.66. The minimum atomic E-state index is -0.993. The highest BCUT2D eigenvalue weighted by Crippen LogP contribution is 2.24. The minimum Gasteiger partial charge on any atom is -0.444 e. The fraction of sp³-hybridized carbons (Fsp3) is 0.750. The highest BCUT2D eigenvalue weighted by molar-refractivity contribution is 8.76. The van der Waals surface area contributed by atoms with Gasteiger partial charge in [-0.15, -0.1) is 0 Å². The van der Waals surface area contributed by atoms with Crippen molar-refractivity contribution in [2.75, 3.05) is 11.5 Å². The normalized spacial score (nSPS) is 14.5. The molecule has 0 fully saturated rings. The third-order valence-electron chi connectivity index (χ3n) is 4.65. The van der Waals surface area contributed by atoms with Gasteiger partial charge in [-0.3, -0.25) is 19.2 Å². The van der Waals surface area contributed by atoms with Crippen molar-refractivity contribution in [2.24, 2.45) is 11.5 Å². The predicted molar refractivity (Wildman–Crippen MR) is 154 cm³/mol. The first-order valence-corrected chi connectivity index (χ1v) is 15.1. The largest absolute Gasteiger partial charge is 0.444 e. The Morgan fingerprint density at radius 3 is 1.18 bits per heavy atom. The van der Waals surface area contributed by atoms with Gasteiger partial charge in [0.15, 0.2) is 0 Å². The average molecular weight is 609 g/mol. The van der Waals surface area contributed by atoms with E-state index in [9.17, 15) is 28.8 Å². The summed E-state index contributed by atoms with van der Waals surface area (Å²) in [6.07, 6.45) is -1.18. The summed E-state index contributed by atoms with van der Waals surface area (Å²) in [4.78, 5) is 72.4.